The molecule has 0 aliphatic heterocycles. The zero-order valence-electron chi connectivity index (χ0n) is 23.4. The van der Waals surface area contributed by atoms with Crippen LogP contribution in [0.5, 0.6) is 0 Å². The zero-order chi connectivity index (χ0) is 31.0. The van der Waals surface area contributed by atoms with Gasteiger partial charge in [-0.1, -0.05) is 37.0 Å². The number of halogens is 1. The van der Waals surface area contributed by atoms with Gasteiger partial charge in [0.15, 0.2) is 10.7 Å². The second kappa shape index (κ2) is 12.0. The molecule has 3 N–H and O–H groups in total. The summed E-state index contributed by atoms with van der Waals surface area (Å²) in [6.45, 7) is 1.97. The summed E-state index contributed by atoms with van der Waals surface area (Å²) in [4.78, 5) is 20.8. The number of aromatic nitrogens is 4. The average molecular weight is 648 g/mol. The molecular weight excluding hydrogens is 622 g/mol. The monoisotopic (exact) mass is 647 g/mol. The lowest BCUT2D eigenvalue weighted by molar-refractivity contribution is 0.0691. The summed E-state index contributed by atoms with van der Waals surface area (Å²) < 4.78 is 40.2. The van der Waals surface area contributed by atoms with E-state index in [0.717, 1.165) is 46.5 Å². The Morgan fingerprint density at radius 3 is 2.68 bits per heavy atom. The molecule has 0 amide bonds. The lowest BCUT2D eigenvalue weighted by atomic mass is 9.96. The van der Waals surface area contributed by atoms with Gasteiger partial charge in [-0.2, -0.15) is 5.10 Å². The number of carbonyl (C=O) groups is 1. The number of sulfonamides is 1. The van der Waals surface area contributed by atoms with Crippen LogP contribution in [0.2, 0.25) is 0 Å². The third-order valence-electron chi connectivity index (χ3n) is 7.22. The van der Waals surface area contributed by atoms with Crippen LogP contribution in [0.3, 0.4) is 0 Å². The summed E-state index contributed by atoms with van der Waals surface area (Å²) in [6.07, 6.45) is 5.87. The third kappa shape index (κ3) is 6.63. The van der Waals surface area contributed by atoms with Gasteiger partial charge in [-0.3, -0.25) is 0 Å². The van der Waals surface area contributed by atoms with Gasteiger partial charge in [0.25, 0.3) is 0 Å². The summed E-state index contributed by atoms with van der Waals surface area (Å²) >= 11 is 2.69. The second-order valence-electron chi connectivity index (χ2n) is 10.6. The van der Waals surface area contributed by atoms with E-state index < -0.39 is 26.7 Å². The fourth-order valence-electron chi connectivity index (χ4n) is 4.90. The van der Waals surface area contributed by atoms with Crippen molar-refractivity contribution in [1.29, 1.82) is 0 Å². The van der Waals surface area contributed by atoms with Crippen molar-refractivity contribution in [3.63, 3.8) is 0 Å². The molecule has 3 heterocycles. The topological polar surface area (TPSA) is 141 Å². The minimum Gasteiger partial charge on any atom is -0.476 e. The zero-order valence-corrected chi connectivity index (χ0v) is 25.9. The van der Waals surface area contributed by atoms with Crippen molar-refractivity contribution < 1.29 is 22.7 Å². The SMILES string of the molecule is Cc1cnc(C#Cc2cccc(-c3nn(-c4nc(C(=O)O)cs4)c(CCC4CC4)c3Cc3ccc(S(N)(=O)=O)c(F)c3)c2)s1. The van der Waals surface area contributed by atoms with Crippen LogP contribution in [0.15, 0.2) is 58.9 Å². The number of thiazole rings is 2. The third-order valence-corrected chi connectivity index (χ3v) is 9.81. The fraction of sp³-hybridized carbons (Fsp3) is 0.226. The van der Waals surface area contributed by atoms with E-state index in [1.165, 1.54) is 40.2 Å². The van der Waals surface area contributed by atoms with E-state index >= 15 is 0 Å². The van der Waals surface area contributed by atoms with Crippen LogP contribution < -0.4 is 5.14 Å². The summed E-state index contributed by atoms with van der Waals surface area (Å²) in [7, 11) is -4.22. The van der Waals surface area contributed by atoms with E-state index in [9.17, 15) is 22.7 Å². The Bertz CT molecular complexity index is 2070. The molecule has 0 bridgehead atoms. The van der Waals surface area contributed by atoms with Gasteiger partial charge in [-0.25, -0.2) is 37.4 Å². The molecule has 1 aliphatic rings. The maximum absolute atomic E-state index is 14.9. The number of aromatic carboxylic acids is 1. The summed E-state index contributed by atoms with van der Waals surface area (Å²) in [5.74, 6) is 4.80. The number of nitrogens with zero attached hydrogens (tertiary/aromatic N) is 4. The normalized spacial score (nSPS) is 13.1. The molecule has 0 saturated heterocycles. The number of hydrogen-bond donors (Lipinski definition) is 2. The molecule has 9 nitrogen and oxygen atoms in total. The summed E-state index contributed by atoms with van der Waals surface area (Å²) in [6, 6.07) is 11.5. The van der Waals surface area contributed by atoms with Crippen LogP contribution >= 0.6 is 22.7 Å². The first kappa shape index (κ1) is 29.8. The molecule has 5 aromatic rings. The molecule has 0 radical (unpaired) electrons. The molecule has 3 aromatic heterocycles. The standard InChI is InChI=1S/C31H26FN5O4S3/c1-18-16-34-28(43-18)12-9-20-3-2-4-22(13-20)29-23(14-21-8-11-27(24(32)15-21)44(33,40)41)26(10-7-19-5-6-19)37(36-29)31-35-25(17-42-31)30(38)39/h2-4,8,11,13,15-17,19H,5-7,10,14H2,1H3,(H,38,39)(H2,33,40,41). The minimum absolute atomic E-state index is 0.0768. The molecule has 2 aromatic carbocycles. The van der Waals surface area contributed by atoms with Crippen LogP contribution in [0.4, 0.5) is 4.39 Å². The second-order valence-corrected chi connectivity index (χ2v) is 14.2. The maximum Gasteiger partial charge on any atom is 0.355 e. The van der Waals surface area contributed by atoms with Crippen molar-refractivity contribution in [2.45, 2.75) is 43.9 Å². The highest BCUT2D eigenvalue weighted by atomic mass is 32.2. The minimum atomic E-state index is -4.22. The number of rotatable bonds is 9. The Morgan fingerprint density at radius 1 is 1.20 bits per heavy atom. The highest BCUT2D eigenvalue weighted by Crippen LogP contribution is 2.37. The first-order valence-electron chi connectivity index (χ1n) is 13.7. The van der Waals surface area contributed by atoms with E-state index in [2.05, 4.69) is 21.8 Å². The molecule has 6 rings (SSSR count). The Labute approximate surface area is 261 Å². The van der Waals surface area contributed by atoms with Gasteiger partial charge in [0.05, 0.1) is 11.4 Å². The highest BCUT2D eigenvalue weighted by molar-refractivity contribution is 7.89. The van der Waals surface area contributed by atoms with Crippen LogP contribution in [-0.4, -0.2) is 39.2 Å². The molecule has 0 unspecified atom stereocenters. The molecule has 224 valence electrons. The maximum atomic E-state index is 14.9. The van der Waals surface area contributed by atoms with Crippen LogP contribution in [0.25, 0.3) is 16.4 Å². The van der Waals surface area contributed by atoms with E-state index in [1.807, 2.05) is 31.2 Å². The van der Waals surface area contributed by atoms with E-state index in [0.29, 0.717) is 33.7 Å². The molecule has 0 atom stereocenters. The first-order chi connectivity index (χ1) is 21.0. The summed E-state index contributed by atoms with van der Waals surface area (Å²) in [5.41, 5.74) is 4.24. The number of carboxylic acid groups (broad SMARTS) is 1. The molecule has 0 spiro atoms. The van der Waals surface area contributed by atoms with E-state index in [-0.39, 0.29) is 12.1 Å². The van der Waals surface area contributed by atoms with Crippen molar-refractivity contribution in [2.75, 3.05) is 0 Å². The molecule has 1 aliphatic carbocycles. The van der Waals surface area contributed by atoms with Crippen molar-refractivity contribution >= 4 is 38.7 Å². The lowest BCUT2D eigenvalue weighted by Gasteiger charge is -2.10. The van der Waals surface area contributed by atoms with Gasteiger partial charge < -0.3 is 5.11 Å². The average Bonchev–Trinajstić information content (AvgIpc) is 3.33. The number of hydrogen-bond acceptors (Lipinski definition) is 8. The van der Waals surface area contributed by atoms with E-state index in [4.69, 9.17) is 10.2 Å². The van der Waals surface area contributed by atoms with Crippen molar-refractivity contribution in [2.24, 2.45) is 11.1 Å². The quantitative estimate of drug-likeness (QED) is 0.199. The smallest absolute Gasteiger partial charge is 0.355 e. The largest absolute Gasteiger partial charge is 0.476 e. The fourth-order valence-corrected chi connectivity index (χ4v) is 6.88. The van der Waals surface area contributed by atoms with Crippen LogP contribution in [-0.2, 0) is 22.9 Å². The van der Waals surface area contributed by atoms with Gasteiger partial charge in [0, 0.05) is 39.6 Å². The predicted octanol–water partition coefficient (Wildman–Crippen LogP) is 5.58. The van der Waals surface area contributed by atoms with Crippen LogP contribution in [0.1, 0.15) is 62.0 Å². The number of aryl methyl sites for hydroxylation is 1. The molecule has 1 saturated carbocycles. The van der Waals surface area contributed by atoms with Gasteiger partial charge in [-0.15, -0.1) is 22.7 Å². The Morgan fingerprint density at radius 2 is 2.02 bits per heavy atom. The molecule has 44 heavy (non-hydrogen) atoms. The number of nitrogens with two attached hydrogens (primary N) is 1. The number of benzene rings is 2. The number of primary sulfonamides is 1. The number of carboxylic acids is 1. The van der Waals surface area contributed by atoms with Gasteiger partial charge in [-0.05, 0) is 61.4 Å². The summed E-state index contributed by atoms with van der Waals surface area (Å²) in [5, 5.41) is 22.3. The van der Waals surface area contributed by atoms with E-state index in [1.54, 1.807) is 16.9 Å². The van der Waals surface area contributed by atoms with Crippen molar-refractivity contribution in [3.8, 4) is 28.2 Å². The van der Waals surface area contributed by atoms with Crippen molar-refractivity contribution in [1.82, 2.24) is 19.7 Å². The Balaban J connectivity index is 1.49. The lowest BCUT2D eigenvalue weighted by Crippen LogP contribution is -2.14. The molecular formula is C31H26FN5O4S3. The molecule has 1 fully saturated rings. The van der Waals surface area contributed by atoms with Crippen LogP contribution in [0, 0.1) is 30.5 Å². The highest BCUT2D eigenvalue weighted by Gasteiger charge is 2.27. The first-order valence-corrected chi connectivity index (χ1v) is 17.0. The Kier molecular flexibility index (Phi) is 8.17. The Hall–Kier alpha value is -4.22. The van der Waals surface area contributed by atoms with Crippen molar-refractivity contribution in [3.05, 3.63) is 97.8 Å². The van der Waals surface area contributed by atoms with Gasteiger partial charge in [0.2, 0.25) is 15.2 Å². The molecule has 13 heteroatoms. The van der Waals surface area contributed by atoms with Gasteiger partial charge >= 0.3 is 5.97 Å². The predicted molar refractivity (Wildman–Crippen MR) is 166 cm³/mol. The van der Waals surface area contributed by atoms with Gasteiger partial charge in [0.1, 0.15) is 10.7 Å².